The number of amides is 1. The number of carbonyl (C=O) groups is 1. The fraction of sp³-hybridized carbons (Fsp3) is 0.444. The Hall–Kier alpha value is -2.44. The molecule has 1 fully saturated rings. The lowest BCUT2D eigenvalue weighted by Gasteiger charge is -2.24. The second-order valence-corrected chi connectivity index (χ2v) is 6.66. The van der Waals surface area contributed by atoms with E-state index in [0.29, 0.717) is 36.2 Å². The quantitative estimate of drug-likeness (QED) is 0.925. The van der Waals surface area contributed by atoms with Crippen molar-refractivity contribution in [2.24, 2.45) is 0 Å². The molecule has 0 saturated carbocycles. The normalized spacial score (nSPS) is 18.2. The van der Waals surface area contributed by atoms with Crippen molar-refractivity contribution < 1.29 is 13.6 Å². The van der Waals surface area contributed by atoms with Gasteiger partial charge in [0.05, 0.1) is 5.52 Å². The molecule has 1 aromatic heterocycles. The largest absolute Gasteiger partial charge is 0.329 e. The molecule has 0 radical (unpaired) electrons. The average Bonchev–Trinajstić information content (AvgIpc) is 2.83. The molecular weight excluding hydrogens is 328 g/mol. The maximum atomic E-state index is 14.7. The predicted molar refractivity (Wildman–Crippen MR) is 91.4 cm³/mol. The van der Waals surface area contributed by atoms with E-state index in [1.807, 2.05) is 13.8 Å². The molecule has 1 amide bonds. The zero-order chi connectivity index (χ0) is 18.5. The summed E-state index contributed by atoms with van der Waals surface area (Å²) in [5.74, 6) is -2.64. The van der Waals surface area contributed by atoms with E-state index in [0.717, 1.165) is 10.6 Å². The first-order valence-electron chi connectivity index (χ1n) is 8.39. The van der Waals surface area contributed by atoms with Crippen molar-refractivity contribution in [2.75, 3.05) is 0 Å². The second kappa shape index (κ2) is 6.13. The number of imidazole rings is 1. The Bertz CT molecular complexity index is 940. The van der Waals surface area contributed by atoms with Crippen LogP contribution < -0.4 is 11.0 Å². The molecule has 1 aliphatic rings. The summed E-state index contributed by atoms with van der Waals surface area (Å²) < 4.78 is 31.4. The van der Waals surface area contributed by atoms with E-state index >= 15 is 0 Å². The van der Waals surface area contributed by atoms with Crippen LogP contribution in [-0.4, -0.2) is 15.0 Å². The van der Waals surface area contributed by atoms with Crippen LogP contribution in [0.4, 0.5) is 8.78 Å². The Morgan fingerprint density at radius 1 is 1.32 bits per heavy atom. The fourth-order valence-electron chi connectivity index (χ4n) is 3.48. The van der Waals surface area contributed by atoms with E-state index in [-0.39, 0.29) is 11.4 Å². The van der Waals surface area contributed by atoms with Crippen molar-refractivity contribution in [2.45, 2.75) is 52.1 Å². The van der Waals surface area contributed by atoms with Crippen molar-refractivity contribution in [1.29, 1.82) is 0 Å². The number of piperidine rings is 1. The molecule has 2 aromatic rings. The lowest BCUT2D eigenvalue weighted by atomic mass is 10.00. The van der Waals surface area contributed by atoms with Crippen LogP contribution in [0, 0.1) is 11.6 Å². The Balaban J connectivity index is 2.40. The van der Waals surface area contributed by atoms with Crippen molar-refractivity contribution in [3.8, 4) is 0 Å². The molecule has 7 heteroatoms. The number of aromatic nitrogens is 2. The van der Waals surface area contributed by atoms with Crippen LogP contribution >= 0.6 is 0 Å². The van der Waals surface area contributed by atoms with Crippen LogP contribution in [0.1, 0.15) is 51.1 Å². The summed E-state index contributed by atoms with van der Waals surface area (Å²) >= 11 is 0. The number of hydrogen-bond donors (Lipinski definition) is 1. The van der Waals surface area contributed by atoms with Crippen LogP contribution in [-0.2, 0) is 11.3 Å². The maximum absolute atomic E-state index is 14.7. The van der Waals surface area contributed by atoms with E-state index in [4.69, 9.17) is 0 Å². The lowest BCUT2D eigenvalue weighted by molar-refractivity contribution is -0.124. The molecule has 0 bridgehead atoms. The molecule has 1 atom stereocenters. The molecule has 134 valence electrons. The number of benzene rings is 1. The number of nitrogens with zero attached hydrogens (tertiary/aromatic N) is 2. The van der Waals surface area contributed by atoms with Gasteiger partial charge in [0.25, 0.3) is 0 Å². The first kappa shape index (κ1) is 17.4. The van der Waals surface area contributed by atoms with Crippen molar-refractivity contribution in [3.05, 3.63) is 46.0 Å². The fourth-order valence-corrected chi connectivity index (χ4v) is 3.48. The predicted octanol–water partition coefficient (Wildman–Crippen LogP) is 3.19. The zero-order valence-corrected chi connectivity index (χ0v) is 14.5. The van der Waals surface area contributed by atoms with Gasteiger partial charge in [0.2, 0.25) is 5.91 Å². The minimum atomic E-state index is -1.10. The summed E-state index contributed by atoms with van der Waals surface area (Å²) in [6, 6.07) is 0.255. The topological polar surface area (TPSA) is 56.0 Å². The number of halogens is 2. The summed E-state index contributed by atoms with van der Waals surface area (Å²) in [5.41, 5.74) is 0.827. The van der Waals surface area contributed by atoms with Crippen molar-refractivity contribution in [1.82, 2.24) is 14.5 Å². The zero-order valence-electron chi connectivity index (χ0n) is 14.5. The molecule has 1 aromatic carbocycles. The summed E-state index contributed by atoms with van der Waals surface area (Å²) in [6.07, 6.45) is 0.802. The van der Waals surface area contributed by atoms with Gasteiger partial charge in [-0.15, -0.1) is 0 Å². The van der Waals surface area contributed by atoms with Crippen LogP contribution in [0.2, 0.25) is 0 Å². The summed E-state index contributed by atoms with van der Waals surface area (Å²) in [5, 5.41) is 2.60. The highest BCUT2D eigenvalue weighted by atomic mass is 19.2. The average molecular weight is 349 g/mol. The highest BCUT2D eigenvalue weighted by Gasteiger charge is 2.32. The molecule has 1 aliphatic heterocycles. The van der Waals surface area contributed by atoms with Gasteiger partial charge < -0.3 is 5.32 Å². The monoisotopic (exact) mass is 349 g/mol. The number of fused-ring (bicyclic) bond motifs is 1. The smallest absolute Gasteiger partial charge is 0.329 e. The van der Waals surface area contributed by atoms with E-state index in [1.54, 1.807) is 6.92 Å². The molecule has 2 heterocycles. The van der Waals surface area contributed by atoms with Crippen LogP contribution in [0.5, 0.6) is 0 Å². The van der Waals surface area contributed by atoms with Crippen molar-refractivity contribution in [3.63, 3.8) is 0 Å². The molecule has 0 spiro atoms. The SMILES string of the molecule is C=C1CCC(n2c(=O)n(CC)c3c(C(C)C)cc(F)c(F)c32)C(=O)N1. The van der Waals surface area contributed by atoms with Crippen LogP contribution in [0.3, 0.4) is 0 Å². The molecule has 1 saturated heterocycles. The van der Waals surface area contributed by atoms with Gasteiger partial charge in [0.15, 0.2) is 11.6 Å². The Morgan fingerprint density at radius 3 is 2.56 bits per heavy atom. The number of rotatable bonds is 3. The summed E-state index contributed by atoms with van der Waals surface area (Å²) in [4.78, 5) is 25.3. The van der Waals surface area contributed by atoms with Gasteiger partial charge in [0.1, 0.15) is 11.6 Å². The Labute approximate surface area is 143 Å². The van der Waals surface area contributed by atoms with E-state index in [1.165, 1.54) is 4.57 Å². The molecule has 0 aliphatic carbocycles. The molecule has 5 nitrogen and oxygen atoms in total. The van der Waals surface area contributed by atoms with Crippen molar-refractivity contribution >= 4 is 16.9 Å². The standard InChI is InChI=1S/C18H21F2N3O2/c1-5-22-15-11(9(2)3)8-12(19)14(20)16(15)23(18(22)25)13-7-6-10(4)21-17(13)24/h8-9,13H,4-7H2,1-3H3,(H,21,24). The number of aryl methyl sites for hydroxylation is 1. The van der Waals surface area contributed by atoms with Gasteiger partial charge in [-0.25, -0.2) is 13.6 Å². The highest BCUT2D eigenvalue weighted by molar-refractivity contribution is 5.87. The third-order valence-corrected chi connectivity index (χ3v) is 4.72. The Morgan fingerprint density at radius 2 is 2.00 bits per heavy atom. The number of hydrogen-bond acceptors (Lipinski definition) is 2. The minimum Gasteiger partial charge on any atom is -0.329 e. The maximum Gasteiger partial charge on any atom is 0.329 e. The third-order valence-electron chi connectivity index (χ3n) is 4.72. The summed E-state index contributed by atoms with van der Waals surface area (Å²) in [7, 11) is 0. The van der Waals surface area contributed by atoms with Gasteiger partial charge in [-0.3, -0.25) is 13.9 Å². The number of nitrogens with one attached hydrogen (secondary N) is 1. The van der Waals surface area contributed by atoms with E-state index in [9.17, 15) is 18.4 Å². The van der Waals surface area contributed by atoms with E-state index in [2.05, 4.69) is 11.9 Å². The second-order valence-electron chi connectivity index (χ2n) is 6.66. The van der Waals surface area contributed by atoms with Gasteiger partial charge in [-0.2, -0.15) is 0 Å². The molecule has 1 unspecified atom stereocenters. The lowest BCUT2D eigenvalue weighted by Crippen LogP contribution is -2.40. The van der Waals surface area contributed by atoms with Crippen LogP contribution in [0.25, 0.3) is 11.0 Å². The van der Waals surface area contributed by atoms with Gasteiger partial charge in [0, 0.05) is 12.2 Å². The highest BCUT2D eigenvalue weighted by Crippen LogP contribution is 2.32. The molecule has 1 N–H and O–H groups in total. The Kier molecular flexibility index (Phi) is 4.26. The van der Waals surface area contributed by atoms with E-state index < -0.39 is 29.3 Å². The molecular formula is C18H21F2N3O2. The van der Waals surface area contributed by atoms with Gasteiger partial charge in [-0.1, -0.05) is 20.4 Å². The van der Waals surface area contributed by atoms with Gasteiger partial charge in [-0.05, 0) is 37.3 Å². The summed E-state index contributed by atoms with van der Waals surface area (Å²) in [6.45, 7) is 9.48. The molecule has 3 rings (SSSR count). The number of carbonyl (C=O) groups excluding carboxylic acids is 1. The van der Waals surface area contributed by atoms with Gasteiger partial charge >= 0.3 is 5.69 Å². The number of allylic oxidation sites excluding steroid dienone is 1. The van der Waals surface area contributed by atoms with Crippen LogP contribution in [0.15, 0.2) is 23.1 Å². The molecule has 25 heavy (non-hydrogen) atoms. The minimum absolute atomic E-state index is 0.106. The first-order valence-corrected chi connectivity index (χ1v) is 8.39. The third kappa shape index (κ3) is 2.58. The first-order chi connectivity index (χ1) is 11.8.